The Morgan fingerprint density at radius 1 is 1.11 bits per heavy atom. The molecule has 0 aliphatic carbocycles. The second-order valence-electron chi connectivity index (χ2n) is 4.27. The van der Waals surface area contributed by atoms with Crippen LogP contribution in [0.15, 0.2) is 24.3 Å². The van der Waals surface area contributed by atoms with E-state index in [9.17, 15) is 13.2 Å². The van der Waals surface area contributed by atoms with Crippen LogP contribution in [0.2, 0.25) is 0 Å². The zero-order valence-electron chi connectivity index (χ0n) is 10.7. The topological polar surface area (TPSA) is 15.3 Å². The van der Waals surface area contributed by atoms with Gasteiger partial charge in [-0.05, 0) is 24.7 Å². The maximum absolute atomic E-state index is 12.3. The monoisotopic (exact) mass is 260 g/mol. The molecule has 1 aromatic rings. The van der Waals surface area contributed by atoms with Gasteiger partial charge in [0.25, 0.3) is 0 Å². The summed E-state index contributed by atoms with van der Waals surface area (Å²) in [6, 6.07) is 7.64. The third kappa shape index (κ3) is 5.51. The Hall–Kier alpha value is -1.07. The lowest BCUT2D eigenvalue weighted by Crippen LogP contribution is -2.33. The lowest BCUT2D eigenvalue weighted by Gasteiger charge is -2.22. The van der Waals surface area contributed by atoms with E-state index < -0.39 is 12.7 Å². The first-order valence-electron chi connectivity index (χ1n) is 5.96. The summed E-state index contributed by atoms with van der Waals surface area (Å²) in [6.07, 6.45) is -4.14. The molecule has 0 heterocycles. The van der Waals surface area contributed by atoms with Gasteiger partial charge in [0.2, 0.25) is 0 Å². The zero-order chi connectivity index (χ0) is 13.6. The maximum Gasteiger partial charge on any atom is 0.401 e. The lowest BCUT2D eigenvalue weighted by molar-refractivity contribution is -0.146. The highest BCUT2D eigenvalue weighted by Crippen LogP contribution is 2.18. The molecular weight excluding hydrogens is 241 g/mol. The van der Waals surface area contributed by atoms with Crippen LogP contribution in [0.5, 0.6) is 0 Å². The predicted molar refractivity (Wildman–Crippen MR) is 66.2 cm³/mol. The van der Waals surface area contributed by atoms with Crippen LogP contribution in [0.4, 0.5) is 13.2 Å². The Kier molecular flexibility index (Phi) is 5.62. The van der Waals surface area contributed by atoms with Crippen molar-refractivity contribution in [2.45, 2.75) is 26.2 Å². The number of hydrogen-bond acceptors (Lipinski definition) is 2. The molecule has 0 saturated heterocycles. The van der Waals surface area contributed by atoms with E-state index in [2.05, 4.69) is 5.32 Å². The number of rotatable bonds is 6. The number of benzene rings is 1. The molecule has 5 heteroatoms. The van der Waals surface area contributed by atoms with Gasteiger partial charge in [0.15, 0.2) is 0 Å². The van der Waals surface area contributed by atoms with Gasteiger partial charge in [0, 0.05) is 13.1 Å². The first-order valence-corrected chi connectivity index (χ1v) is 5.96. The highest BCUT2D eigenvalue weighted by molar-refractivity contribution is 5.22. The molecule has 1 aromatic carbocycles. The van der Waals surface area contributed by atoms with Crippen LogP contribution in [0.3, 0.4) is 0 Å². The van der Waals surface area contributed by atoms with Gasteiger partial charge in [-0.3, -0.25) is 4.90 Å². The van der Waals surface area contributed by atoms with Gasteiger partial charge in [-0.1, -0.05) is 31.2 Å². The average molecular weight is 260 g/mol. The SMILES string of the molecule is CCN(Cc1ccc(CNC)cc1)CC(F)(F)F. The molecule has 0 unspecified atom stereocenters. The molecule has 0 fully saturated rings. The third-order valence-electron chi connectivity index (χ3n) is 2.66. The van der Waals surface area contributed by atoms with Gasteiger partial charge >= 0.3 is 6.18 Å². The van der Waals surface area contributed by atoms with Crippen LogP contribution in [-0.4, -0.2) is 31.2 Å². The van der Waals surface area contributed by atoms with Crippen molar-refractivity contribution in [2.24, 2.45) is 0 Å². The van der Waals surface area contributed by atoms with Crippen molar-refractivity contribution in [3.63, 3.8) is 0 Å². The third-order valence-corrected chi connectivity index (χ3v) is 2.66. The first kappa shape index (κ1) is 15.0. The predicted octanol–water partition coefficient (Wildman–Crippen LogP) is 2.79. The Morgan fingerprint density at radius 2 is 1.67 bits per heavy atom. The fraction of sp³-hybridized carbons (Fsp3) is 0.538. The summed E-state index contributed by atoms with van der Waals surface area (Å²) in [6.45, 7) is 2.36. The summed E-state index contributed by atoms with van der Waals surface area (Å²) in [7, 11) is 1.86. The van der Waals surface area contributed by atoms with Crippen molar-refractivity contribution in [3.8, 4) is 0 Å². The summed E-state index contributed by atoms with van der Waals surface area (Å²) in [4.78, 5) is 1.38. The summed E-state index contributed by atoms with van der Waals surface area (Å²) >= 11 is 0. The average Bonchev–Trinajstić information content (AvgIpc) is 2.29. The number of alkyl halides is 3. The van der Waals surface area contributed by atoms with Crippen LogP contribution in [0.25, 0.3) is 0 Å². The van der Waals surface area contributed by atoms with Crippen molar-refractivity contribution in [1.29, 1.82) is 0 Å². The molecule has 2 nitrogen and oxygen atoms in total. The minimum Gasteiger partial charge on any atom is -0.316 e. The van der Waals surface area contributed by atoms with Crippen molar-refractivity contribution in [3.05, 3.63) is 35.4 Å². The highest BCUT2D eigenvalue weighted by Gasteiger charge is 2.29. The quantitative estimate of drug-likeness (QED) is 0.846. The fourth-order valence-corrected chi connectivity index (χ4v) is 1.76. The molecule has 102 valence electrons. The van der Waals surface area contributed by atoms with E-state index >= 15 is 0 Å². The van der Waals surface area contributed by atoms with Crippen LogP contribution in [0.1, 0.15) is 18.1 Å². The Labute approximate surface area is 106 Å². The second-order valence-corrected chi connectivity index (χ2v) is 4.27. The van der Waals surface area contributed by atoms with E-state index in [1.165, 1.54) is 4.90 Å². The lowest BCUT2D eigenvalue weighted by atomic mass is 10.1. The van der Waals surface area contributed by atoms with Gasteiger partial charge in [-0.25, -0.2) is 0 Å². The molecule has 1 N–H and O–H groups in total. The van der Waals surface area contributed by atoms with Crippen LogP contribution in [0, 0.1) is 0 Å². The summed E-state index contributed by atoms with van der Waals surface area (Å²) in [5.74, 6) is 0. The van der Waals surface area contributed by atoms with Gasteiger partial charge in [-0.2, -0.15) is 13.2 Å². The van der Waals surface area contributed by atoms with Crippen molar-refractivity contribution >= 4 is 0 Å². The molecule has 0 aromatic heterocycles. The van der Waals surface area contributed by atoms with Gasteiger partial charge in [0.1, 0.15) is 0 Å². The molecule has 0 aliphatic rings. The van der Waals surface area contributed by atoms with Crippen molar-refractivity contribution in [2.75, 3.05) is 20.1 Å². The van der Waals surface area contributed by atoms with E-state index in [0.29, 0.717) is 13.1 Å². The smallest absolute Gasteiger partial charge is 0.316 e. The zero-order valence-corrected chi connectivity index (χ0v) is 10.7. The number of nitrogens with one attached hydrogen (secondary N) is 1. The highest BCUT2D eigenvalue weighted by atomic mass is 19.4. The largest absolute Gasteiger partial charge is 0.401 e. The number of nitrogens with zero attached hydrogens (tertiary/aromatic N) is 1. The summed E-state index contributed by atoms with van der Waals surface area (Å²) in [5, 5.41) is 3.03. The van der Waals surface area contributed by atoms with Crippen LogP contribution >= 0.6 is 0 Å². The molecule has 0 bridgehead atoms. The molecule has 0 aliphatic heterocycles. The maximum atomic E-state index is 12.3. The van der Waals surface area contributed by atoms with Crippen LogP contribution < -0.4 is 5.32 Å². The molecule has 18 heavy (non-hydrogen) atoms. The Morgan fingerprint density at radius 3 is 2.11 bits per heavy atom. The van der Waals surface area contributed by atoms with Gasteiger partial charge in [0.05, 0.1) is 6.54 Å². The normalized spacial score (nSPS) is 12.1. The first-order chi connectivity index (χ1) is 8.44. The minimum atomic E-state index is -4.14. The molecule has 0 radical (unpaired) electrons. The molecule has 1 rings (SSSR count). The molecule has 0 spiro atoms. The fourth-order valence-electron chi connectivity index (χ4n) is 1.76. The molecular formula is C13H19F3N2. The second kappa shape index (κ2) is 6.75. The number of halogens is 3. The Balaban J connectivity index is 2.59. The number of hydrogen-bond donors (Lipinski definition) is 1. The standard InChI is InChI=1S/C13H19F3N2/c1-3-18(10-13(14,15)16)9-12-6-4-11(5-7-12)8-17-2/h4-7,17H,3,8-10H2,1-2H3. The molecule has 0 saturated carbocycles. The molecule has 0 amide bonds. The van der Waals surface area contributed by atoms with Gasteiger partial charge < -0.3 is 5.32 Å². The summed E-state index contributed by atoms with van der Waals surface area (Å²) < 4.78 is 36.9. The van der Waals surface area contributed by atoms with Gasteiger partial charge in [-0.15, -0.1) is 0 Å². The van der Waals surface area contributed by atoms with E-state index in [0.717, 1.165) is 17.7 Å². The molecule has 0 atom stereocenters. The minimum absolute atomic E-state index is 0.329. The van der Waals surface area contributed by atoms with Crippen molar-refractivity contribution < 1.29 is 13.2 Å². The Bertz CT molecular complexity index is 346. The van der Waals surface area contributed by atoms with Crippen molar-refractivity contribution in [1.82, 2.24) is 10.2 Å². The van der Waals surface area contributed by atoms with E-state index in [4.69, 9.17) is 0 Å². The van der Waals surface area contributed by atoms with E-state index in [1.54, 1.807) is 6.92 Å². The summed E-state index contributed by atoms with van der Waals surface area (Å²) in [5.41, 5.74) is 2.03. The van der Waals surface area contributed by atoms with E-state index in [1.807, 2.05) is 31.3 Å². The van der Waals surface area contributed by atoms with E-state index in [-0.39, 0.29) is 0 Å². The van der Waals surface area contributed by atoms with Crippen LogP contribution in [-0.2, 0) is 13.1 Å².